The Morgan fingerprint density at radius 1 is 1.04 bits per heavy atom. The van der Waals surface area contributed by atoms with Gasteiger partial charge in [0.25, 0.3) is 5.91 Å². The zero-order valence-electron chi connectivity index (χ0n) is 14.2. The molecule has 1 amide bonds. The highest BCUT2D eigenvalue weighted by Gasteiger charge is 2.13. The van der Waals surface area contributed by atoms with Crippen LogP contribution in [0.2, 0.25) is 0 Å². The second-order valence-corrected chi connectivity index (χ2v) is 5.93. The fraction of sp³-hybridized carbons (Fsp3) is 0.100. The van der Waals surface area contributed by atoms with Crippen LogP contribution in [0.15, 0.2) is 60.8 Å². The number of hydrogen-bond donors (Lipinski definition) is 2. The lowest BCUT2D eigenvalue weighted by Crippen LogP contribution is -2.12. The number of aromatic nitrogens is 1. The highest BCUT2D eigenvalue weighted by atomic mass is 19.1. The third kappa shape index (κ3) is 3.98. The van der Waals surface area contributed by atoms with Gasteiger partial charge in [0.2, 0.25) is 6.79 Å². The molecule has 0 spiro atoms. The molecule has 0 unspecified atom stereocenters. The topological polar surface area (TPSA) is 72.5 Å². The number of ether oxygens (including phenoxy) is 2. The molecule has 136 valence electrons. The second-order valence-electron chi connectivity index (χ2n) is 5.93. The summed E-state index contributed by atoms with van der Waals surface area (Å²) in [6.07, 6.45) is 1.56. The molecule has 1 aliphatic rings. The maximum Gasteiger partial charge on any atom is 0.255 e. The molecule has 2 heterocycles. The number of carbonyl (C=O) groups is 1. The van der Waals surface area contributed by atoms with E-state index in [1.165, 1.54) is 24.3 Å². The average molecular weight is 365 g/mol. The van der Waals surface area contributed by atoms with Gasteiger partial charge < -0.3 is 20.1 Å². The first-order valence-electron chi connectivity index (χ1n) is 8.33. The Bertz CT molecular complexity index is 959. The van der Waals surface area contributed by atoms with E-state index in [2.05, 4.69) is 15.6 Å². The van der Waals surface area contributed by atoms with Crippen LogP contribution in [0.5, 0.6) is 11.5 Å². The lowest BCUT2D eigenvalue weighted by Gasteiger charge is -2.08. The maximum atomic E-state index is 12.9. The number of amides is 1. The smallest absolute Gasteiger partial charge is 0.255 e. The largest absolute Gasteiger partial charge is 0.454 e. The predicted molar refractivity (Wildman–Crippen MR) is 98.5 cm³/mol. The Morgan fingerprint density at radius 2 is 1.85 bits per heavy atom. The summed E-state index contributed by atoms with van der Waals surface area (Å²) in [6.45, 7) is 0.823. The molecule has 2 aromatic carbocycles. The molecule has 2 N–H and O–H groups in total. The van der Waals surface area contributed by atoms with Crippen molar-refractivity contribution >= 4 is 17.4 Å². The van der Waals surface area contributed by atoms with Crippen LogP contribution >= 0.6 is 0 Å². The van der Waals surface area contributed by atoms with E-state index >= 15 is 0 Å². The minimum atomic E-state index is -0.383. The van der Waals surface area contributed by atoms with Crippen molar-refractivity contribution in [1.82, 2.24) is 4.98 Å². The van der Waals surface area contributed by atoms with Crippen LogP contribution in [0.25, 0.3) is 0 Å². The standard InChI is InChI=1S/C20H16FN3O3/c21-15-4-2-14(3-5-15)20(25)24-16-6-8-19(23-11-16)22-10-13-1-7-17-18(9-13)27-12-26-17/h1-9,11H,10,12H2,(H,22,23)(H,24,25). The Morgan fingerprint density at radius 3 is 2.63 bits per heavy atom. The Kier molecular flexibility index (Phi) is 4.57. The SMILES string of the molecule is O=C(Nc1ccc(NCc2ccc3c(c2)OCO3)nc1)c1ccc(F)cc1. The van der Waals surface area contributed by atoms with Crippen molar-refractivity contribution in [2.75, 3.05) is 17.4 Å². The van der Waals surface area contributed by atoms with E-state index in [-0.39, 0.29) is 18.5 Å². The highest BCUT2D eigenvalue weighted by molar-refractivity contribution is 6.04. The second kappa shape index (κ2) is 7.33. The monoisotopic (exact) mass is 365 g/mol. The lowest BCUT2D eigenvalue weighted by atomic mass is 10.2. The number of hydrogen-bond acceptors (Lipinski definition) is 5. The van der Waals surface area contributed by atoms with Gasteiger partial charge in [-0.1, -0.05) is 6.07 Å². The van der Waals surface area contributed by atoms with Gasteiger partial charge in [0, 0.05) is 12.1 Å². The maximum absolute atomic E-state index is 12.9. The van der Waals surface area contributed by atoms with Crippen molar-refractivity contribution in [3.8, 4) is 11.5 Å². The molecule has 4 rings (SSSR count). The van der Waals surface area contributed by atoms with Gasteiger partial charge in [-0.2, -0.15) is 0 Å². The quantitative estimate of drug-likeness (QED) is 0.719. The van der Waals surface area contributed by atoms with E-state index in [9.17, 15) is 9.18 Å². The van der Waals surface area contributed by atoms with Crippen LogP contribution in [-0.4, -0.2) is 17.7 Å². The fourth-order valence-corrected chi connectivity index (χ4v) is 2.62. The minimum absolute atomic E-state index is 0.249. The highest BCUT2D eigenvalue weighted by Crippen LogP contribution is 2.32. The molecule has 0 atom stereocenters. The molecule has 3 aromatic rings. The van der Waals surface area contributed by atoms with Crippen molar-refractivity contribution < 1.29 is 18.7 Å². The molecular weight excluding hydrogens is 349 g/mol. The molecule has 0 saturated heterocycles. The number of fused-ring (bicyclic) bond motifs is 1. The van der Waals surface area contributed by atoms with Crippen molar-refractivity contribution in [2.24, 2.45) is 0 Å². The summed E-state index contributed by atoms with van der Waals surface area (Å²) in [4.78, 5) is 16.4. The van der Waals surface area contributed by atoms with E-state index in [4.69, 9.17) is 9.47 Å². The first kappa shape index (κ1) is 16.8. The molecule has 0 saturated carbocycles. The van der Waals surface area contributed by atoms with Gasteiger partial charge >= 0.3 is 0 Å². The predicted octanol–water partition coefficient (Wildman–Crippen LogP) is 3.81. The third-order valence-electron chi connectivity index (χ3n) is 4.04. The summed E-state index contributed by atoms with van der Waals surface area (Å²) < 4.78 is 23.6. The van der Waals surface area contributed by atoms with Gasteiger partial charge in [0.15, 0.2) is 11.5 Å². The fourth-order valence-electron chi connectivity index (χ4n) is 2.62. The zero-order valence-corrected chi connectivity index (χ0v) is 14.2. The summed E-state index contributed by atoms with van der Waals surface area (Å²) in [5, 5.41) is 5.93. The first-order valence-corrected chi connectivity index (χ1v) is 8.33. The van der Waals surface area contributed by atoms with Gasteiger partial charge in [-0.05, 0) is 54.1 Å². The molecule has 0 fully saturated rings. The number of rotatable bonds is 5. The van der Waals surface area contributed by atoms with Crippen molar-refractivity contribution in [3.05, 3.63) is 77.7 Å². The Hall–Kier alpha value is -3.61. The summed E-state index contributed by atoms with van der Waals surface area (Å²) in [5.41, 5.74) is 1.97. The van der Waals surface area contributed by atoms with Crippen LogP contribution < -0.4 is 20.1 Å². The van der Waals surface area contributed by atoms with Gasteiger partial charge in [-0.25, -0.2) is 9.37 Å². The van der Waals surface area contributed by atoms with E-state index in [1.807, 2.05) is 18.2 Å². The van der Waals surface area contributed by atoms with Crippen LogP contribution in [0.3, 0.4) is 0 Å². The summed E-state index contributed by atoms with van der Waals surface area (Å²) in [6, 6.07) is 14.6. The zero-order chi connectivity index (χ0) is 18.6. The normalized spacial score (nSPS) is 11.9. The van der Waals surface area contributed by atoms with Gasteiger partial charge in [-0.15, -0.1) is 0 Å². The number of nitrogens with zero attached hydrogens (tertiary/aromatic N) is 1. The molecule has 7 heteroatoms. The van der Waals surface area contributed by atoms with Crippen molar-refractivity contribution in [3.63, 3.8) is 0 Å². The van der Waals surface area contributed by atoms with Gasteiger partial charge in [0.1, 0.15) is 11.6 Å². The van der Waals surface area contributed by atoms with E-state index in [1.54, 1.807) is 18.3 Å². The summed E-state index contributed by atoms with van der Waals surface area (Å²) in [5.74, 6) is 1.45. The molecule has 6 nitrogen and oxygen atoms in total. The molecule has 0 aliphatic carbocycles. The number of pyridine rings is 1. The summed E-state index contributed by atoms with van der Waals surface area (Å²) in [7, 11) is 0. The Labute approximate surface area is 155 Å². The number of benzene rings is 2. The van der Waals surface area contributed by atoms with Gasteiger partial charge in [0.05, 0.1) is 11.9 Å². The van der Waals surface area contributed by atoms with Crippen molar-refractivity contribution in [1.29, 1.82) is 0 Å². The Balaban J connectivity index is 1.34. The molecular formula is C20H16FN3O3. The van der Waals surface area contributed by atoms with Gasteiger partial charge in [-0.3, -0.25) is 4.79 Å². The molecule has 0 bridgehead atoms. The van der Waals surface area contributed by atoms with Crippen LogP contribution in [0.4, 0.5) is 15.9 Å². The molecule has 27 heavy (non-hydrogen) atoms. The van der Waals surface area contributed by atoms with Crippen molar-refractivity contribution in [2.45, 2.75) is 6.54 Å². The van der Waals surface area contributed by atoms with Crippen LogP contribution in [0, 0.1) is 5.82 Å². The van der Waals surface area contributed by atoms with E-state index in [0.29, 0.717) is 23.6 Å². The van der Waals surface area contributed by atoms with E-state index < -0.39 is 0 Å². The van der Waals surface area contributed by atoms with E-state index in [0.717, 1.165) is 17.1 Å². The number of nitrogens with one attached hydrogen (secondary N) is 2. The average Bonchev–Trinajstić information content (AvgIpc) is 3.16. The molecule has 1 aliphatic heterocycles. The first-order chi connectivity index (χ1) is 13.2. The minimum Gasteiger partial charge on any atom is -0.454 e. The number of halogens is 1. The summed E-state index contributed by atoms with van der Waals surface area (Å²) >= 11 is 0. The third-order valence-corrected chi connectivity index (χ3v) is 4.04. The molecule has 0 radical (unpaired) electrons. The number of anilines is 2. The number of carbonyl (C=O) groups excluding carboxylic acids is 1. The lowest BCUT2D eigenvalue weighted by molar-refractivity contribution is 0.102. The van der Waals surface area contributed by atoms with Crippen LogP contribution in [0.1, 0.15) is 15.9 Å². The molecule has 1 aromatic heterocycles. The van der Waals surface area contributed by atoms with Crippen LogP contribution in [-0.2, 0) is 6.54 Å².